The number of allylic oxidation sites excluding steroid dienone is 4. The van der Waals surface area contributed by atoms with E-state index >= 15 is 0 Å². The molecule has 25 heavy (non-hydrogen) atoms. The largest absolute Gasteiger partial charge is 0.478 e. The van der Waals surface area contributed by atoms with Crippen molar-refractivity contribution >= 4 is 17.3 Å². The average Bonchev–Trinajstić information content (AvgIpc) is 2.89. The zero-order valence-corrected chi connectivity index (χ0v) is 15.4. The van der Waals surface area contributed by atoms with Crippen LogP contribution in [0.1, 0.15) is 59.2 Å². The molecule has 1 aliphatic carbocycles. The monoisotopic (exact) mass is 343 g/mol. The van der Waals surface area contributed by atoms with Crippen molar-refractivity contribution in [1.82, 2.24) is 15.0 Å². The van der Waals surface area contributed by atoms with Gasteiger partial charge in [0.05, 0.1) is 11.8 Å². The molecule has 1 aliphatic rings. The van der Waals surface area contributed by atoms with Crippen LogP contribution in [0.5, 0.6) is 0 Å². The standard InChI is InChI=1S/C19H25N3O3/c1-12-7-6-8-14(10-15(9-12)18(24)25)16-11-22(21-20-16)17(13(2)23)19(3,4)5/h8-11,17H,6-7H2,1-5H3,(H,24,25)/b12-9?,14-8+,15-10+/t17-/m1/s1. The van der Waals surface area contributed by atoms with Gasteiger partial charge in [-0.25, -0.2) is 9.48 Å². The van der Waals surface area contributed by atoms with Crippen LogP contribution in [-0.2, 0) is 9.59 Å². The van der Waals surface area contributed by atoms with E-state index in [1.807, 2.05) is 33.8 Å². The maximum atomic E-state index is 12.1. The molecule has 0 bridgehead atoms. The summed E-state index contributed by atoms with van der Waals surface area (Å²) in [4.78, 5) is 23.5. The molecular formula is C19H25N3O3. The summed E-state index contributed by atoms with van der Waals surface area (Å²) in [5, 5.41) is 17.7. The van der Waals surface area contributed by atoms with Gasteiger partial charge in [0, 0.05) is 5.57 Å². The SMILES string of the molecule is CC(=O)[C@@H](n1cc(C2=C/CCC(C)=C/C(C(=O)O)=C\2)nn1)C(C)(C)C. The molecule has 1 aromatic rings. The molecule has 1 aromatic heterocycles. The Balaban J connectivity index is 2.44. The lowest BCUT2D eigenvalue weighted by molar-refractivity contribution is -0.132. The first kappa shape index (κ1) is 18.8. The van der Waals surface area contributed by atoms with E-state index in [9.17, 15) is 14.7 Å². The minimum absolute atomic E-state index is 0.0101. The maximum Gasteiger partial charge on any atom is 0.335 e. The first-order valence-corrected chi connectivity index (χ1v) is 8.34. The van der Waals surface area contributed by atoms with E-state index in [0.717, 1.165) is 18.4 Å². The zero-order valence-electron chi connectivity index (χ0n) is 15.4. The first-order chi connectivity index (χ1) is 11.6. The summed E-state index contributed by atoms with van der Waals surface area (Å²) in [5.41, 5.74) is 2.23. The van der Waals surface area contributed by atoms with Gasteiger partial charge < -0.3 is 5.11 Å². The summed E-state index contributed by atoms with van der Waals surface area (Å²) in [7, 11) is 0. The number of hydrogen-bond donors (Lipinski definition) is 1. The normalized spacial score (nSPS) is 21.1. The number of hydrogen-bond acceptors (Lipinski definition) is 4. The molecule has 0 spiro atoms. The summed E-state index contributed by atoms with van der Waals surface area (Å²) in [5.74, 6) is -0.966. The van der Waals surface area contributed by atoms with Gasteiger partial charge in [0.25, 0.3) is 0 Å². The van der Waals surface area contributed by atoms with E-state index in [4.69, 9.17) is 0 Å². The predicted molar refractivity (Wildman–Crippen MR) is 95.9 cm³/mol. The third-order valence-corrected chi connectivity index (χ3v) is 4.14. The second-order valence-corrected chi connectivity index (χ2v) is 7.56. The summed E-state index contributed by atoms with van der Waals surface area (Å²) in [6.45, 7) is 9.40. The number of carbonyl (C=O) groups is 2. The molecule has 0 radical (unpaired) electrons. The second kappa shape index (κ2) is 7.17. The highest BCUT2D eigenvalue weighted by atomic mass is 16.4. The third kappa shape index (κ3) is 4.53. The molecule has 134 valence electrons. The van der Waals surface area contributed by atoms with Crippen molar-refractivity contribution in [3.8, 4) is 0 Å². The lowest BCUT2D eigenvalue weighted by Crippen LogP contribution is -2.30. The summed E-state index contributed by atoms with van der Waals surface area (Å²) >= 11 is 0. The van der Waals surface area contributed by atoms with Crippen molar-refractivity contribution in [2.24, 2.45) is 5.41 Å². The number of Topliss-reactive ketones (excluding diaryl/α,β-unsaturated/α-hetero) is 1. The number of carboxylic acid groups (broad SMARTS) is 1. The highest BCUT2D eigenvalue weighted by molar-refractivity contribution is 5.94. The van der Waals surface area contributed by atoms with Crippen LogP contribution in [0.25, 0.3) is 5.57 Å². The van der Waals surface area contributed by atoms with Gasteiger partial charge in [-0.3, -0.25) is 4.79 Å². The number of carbonyl (C=O) groups excluding carboxylic acids is 1. The van der Waals surface area contributed by atoms with Crippen molar-refractivity contribution in [2.75, 3.05) is 0 Å². The molecule has 0 fully saturated rings. The number of carboxylic acids is 1. The van der Waals surface area contributed by atoms with Gasteiger partial charge in [-0.15, -0.1) is 5.10 Å². The molecule has 0 saturated carbocycles. The lowest BCUT2D eigenvalue weighted by Gasteiger charge is -2.28. The molecule has 0 unspecified atom stereocenters. The Hall–Kier alpha value is -2.50. The Morgan fingerprint density at radius 1 is 1.28 bits per heavy atom. The van der Waals surface area contributed by atoms with Crippen molar-refractivity contribution in [2.45, 2.75) is 53.5 Å². The highest BCUT2D eigenvalue weighted by Gasteiger charge is 2.31. The smallest absolute Gasteiger partial charge is 0.335 e. The molecule has 0 saturated heterocycles. The van der Waals surface area contributed by atoms with Crippen molar-refractivity contribution in [3.05, 3.63) is 41.3 Å². The fraction of sp³-hybridized carbons (Fsp3) is 0.474. The summed E-state index contributed by atoms with van der Waals surface area (Å²) < 4.78 is 1.58. The van der Waals surface area contributed by atoms with E-state index in [0.29, 0.717) is 11.3 Å². The number of aliphatic carboxylic acids is 1. The van der Waals surface area contributed by atoms with Gasteiger partial charge >= 0.3 is 5.97 Å². The Bertz CT molecular complexity index is 776. The number of ketones is 1. The van der Waals surface area contributed by atoms with E-state index in [2.05, 4.69) is 10.3 Å². The molecule has 1 heterocycles. The van der Waals surface area contributed by atoms with Gasteiger partial charge in [-0.2, -0.15) is 0 Å². The third-order valence-electron chi connectivity index (χ3n) is 4.14. The van der Waals surface area contributed by atoms with Gasteiger partial charge in [0.15, 0.2) is 5.78 Å². The van der Waals surface area contributed by atoms with Gasteiger partial charge in [0.2, 0.25) is 0 Å². The lowest BCUT2D eigenvalue weighted by atomic mass is 9.84. The molecular weight excluding hydrogens is 318 g/mol. The Morgan fingerprint density at radius 3 is 2.52 bits per heavy atom. The van der Waals surface area contributed by atoms with Crippen LogP contribution in [0.4, 0.5) is 0 Å². The molecule has 0 aliphatic heterocycles. The van der Waals surface area contributed by atoms with Crippen molar-refractivity contribution in [1.29, 1.82) is 0 Å². The van der Waals surface area contributed by atoms with Crippen LogP contribution in [-0.4, -0.2) is 31.9 Å². The van der Waals surface area contributed by atoms with Gasteiger partial charge in [-0.1, -0.05) is 37.6 Å². The molecule has 0 aromatic carbocycles. The Labute approximate surface area is 147 Å². The number of aromatic nitrogens is 3. The fourth-order valence-corrected chi connectivity index (χ4v) is 3.09. The van der Waals surface area contributed by atoms with Crippen LogP contribution in [0.3, 0.4) is 0 Å². The average molecular weight is 343 g/mol. The predicted octanol–water partition coefficient (Wildman–Crippen LogP) is 3.59. The number of nitrogens with zero attached hydrogens (tertiary/aromatic N) is 3. The van der Waals surface area contributed by atoms with Crippen LogP contribution in [0.2, 0.25) is 0 Å². The van der Waals surface area contributed by atoms with E-state index in [1.165, 1.54) is 0 Å². The minimum Gasteiger partial charge on any atom is -0.478 e. The van der Waals surface area contributed by atoms with E-state index < -0.39 is 12.0 Å². The van der Waals surface area contributed by atoms with Crippen molar-refractivity contribution < 1.29 is 14.7 Å². The summed E-state index contributed by atoms with van der Waals surface area (Å²) in [6.07, 6.45) is 8.57. The molecule has 2 rings (SSSR count). The zero-order chi connectivity index (χ0) is 18.8. The van der Waals surface area contributed by atoms with E-state index in [1.54, 1.807) is 30.0 Å². The highest BCUT2D eigenvalue weighted by Crippen LogP contribution is 2.31. The minimum atomic E-state index is -0.976. The van der Waals surface area contributed by atoms with Crippen LogP contribution >= 0.6 is 0 Å². The second-order valence-electron chi connectivity index (χ2n) is 7.56. The van der Waals surface area contributed by atoms with Crippen LogP contribution in [0, 0.1) is 5.41 Å². The molecule has 1 atom stereocenters. The number of rotatable bonds is 4. The fourth-order valence-electron chi connectivity index (χ4n) is 3.09. The molecule has 1 N–H and O–H groups in total. The Morgan fingerprint density at radius 2 is 1.96 bits per heavy atom. The quantitative estimate of drug-likeness (QED) is 0.903. The first-order valence-electron chi connectivity index (χ1n) is 8.34. The van der Waals surface area contributed by atoms with E-state index in [-0.39, 0.29) is 16.8 Å². The van der Waals surface area contributed by atoms with Crippen molar-refractivity contribution in [3.63, 3.8) is 0 Å². The van der Waals surface area contributed by atoms with Gasteiger partial charge in [-0.05, 0) is 44.3 Å². The summed E-state index contributed by atoms with van der Waals surface area (Å²) in [6, 6.07) is -0.423. The molecule has 0 amide bonds. The Kier molecular flexibility index (Phi) is 5.40. The maximum absolute atomic E-state index is 12.1. The molecule has 6 nitrogen and oxygen atoms in total. The molecule has 6 heteroatoms. The van der Waals surface area contributed by atoms with Gasteiger partial charge in [0.1, 0.15) is 11.7 Å². The van der Waals surface area contributed by atoms with Crippen LogP contribution in [0.15, 0.2) is 35.6 Å². The van der Waals surface area contributed by atoms with Crippen LogP contribution < -0.4 is 0 Å². The topological polar surface area (TPSA) is 85.1 Å².